The molecular weight excluding hydrogens is 384 g/mol. The van der Waals surface area contributed by atoms with Crippen LogP contribution in [0, 0.1) is 0 Å². The summed E-state index contributed by atoms with van der Waals surface area (Å²) in [6, 6.07) is 5.45. The lowest BCUT2D eigenvalue weighted by atomic mass is 10.3. The van der Waals surface area contributed by atoms with Crippen LogP contribution in [-0.2, 0) is 25.4 Å². The first-order chi connectivity index (χ1) is 13.4. The average Bonchev–Trinajstić information content (AvgIpc) is 3.27. The van der Waals surface area contributed by atoms with Crippen LogP contribution in [0.3, 0.4) is 0 Å². The fourth-order valence-electron chi connectivity index (χ4n) is 2.91. The number of aromatic nitrogens is 5. The molecule has 0 radical (unpaired) electrons. The predicted octanol–water partition coefficient (Wildman–Crippen LogP) is 0.691. The van der Waals surface area contributed by atoms with Gasteiger partial charge in [0.15, 0.2) is 10.6 Å². The summed E-state index contributed by atoms with van der Waals surface area (Å²) in [5, 5.41) is 7.25. The topological polar surface area (TPSA) is 113 Å². The number of nitrogens with zero attached hydrogens (tertiary/aromatic N) is 5. The van der Waals surface area contributed by atoms with E-state index in [4.69, 9.17) is 4.74 Å². The van der Waals surface area contributed by atoms with Crippen molar-refractivity contribution in [1.29, 1.82) is 0 Å². The fraction of sp³-hybridized carbons (Fsp3) is 0.235. The van der Waals surface area contributed by atoms with Gasteiger partial charge in [-0.2, -0.15) is 5.10 Å². The number of rotatable bonds is 4. The van der Waals surface area contributed by atoms with E-state index in [1.54, 1.807) is 20.2 Å². The molecule has 0 aliphatic rings. The van der Waals surface area contributed by atoms with Crippen molar-refractivity contribution >= 4 is 43.6 Å². The van der Waals surface area contributed by atoms with Gasteiger partial charge in [-0.05, 0) is 18.2 Å². The van der Waals surface area contributed by atoms with Crippen LogP contribution in [0.2, 0.25) is 0 Å². The summed E-state index contributed by atoms with van der Waals surface area (Å²) in [7, 11) is 4.52. The van der Waals surface area contributed by atoms with Gasteiger partial charge in [-0.25, -0.2) is 14.5 Å². The number of benzene rings is 1. The summed E-state index contributed by atoms with van der Waals surface area (Å²) in [5.41, 5.74) is 0.346. The van der Waals surface area contributed by atoms with Crippen molar-refractivity contribution in [2.45, 2.75) is 6.54 Å². The summed E-state index contributed by atoms with van der Waals surface area (Å²) >= 11 is 1.32. The number of anilines is 1. The normalized spacial score (nSPS) is 11.2. The van der Waals surface area contributed by atoms with Crippen LogP contribution >= 0.6 is 11.3 Å². The van der Waals surface area contributed by atoms with Crippen molar-refractivity contribution in [3.8, 4) is 5.75 Å². The second kappa shape index (κ2) is 6.60. The molecule has 0 spiro atoms. The van der Waals surface area contributed by atoms with Gasteiger partial charge in [-0.15, -0.1) is 0 Å². The second-order valence-corrected chi connectivity index (χ2v) is 7.17. The molecule has 4 rings (SSSR count). The van der Waals surface area contributed by atoms with Crippen molar-refractivity contribution in [1.82, 2.24) is 23.9 Å². The molecule has 1 amide bonds. The van der Waals surface area contributed by atoms with Gasteiger partial charge in [-0.1, -0.05) is 11.3 Å². The summed E-state index contributed by atoms with van der Waals surface area (Å²) in [6.45, 7) is -0.184. The second-order valence-electron chi connectivity index (χ2n) is 6.14. The van der Waals surface area contributed by atoms with E-state index in [9.17, 15) is 14.4 Å². The Morgan fingerprint density at radius 2 is 2.04 bits per heavy atom. The van der Waals surface area contributed by atoms with Crippen LogP contribution in [0.4, 0.5) is 5.13 Å². The molecule has 10 nitrogen and oxygen atoms in total. The molecule has 0 atom stereocenters. The first-order valence-corrected chi connectivity index (χ1v) is 9.06. The highest BCUT2D eigenvalue weighted by molar-refractivity contribution is 7.22. The van der Waals surface area contributed by atoms with Gasteiger partial charge in [0, 0.05) is 14.1 Å². The number of hydrogen-bond donors (Lipinski definition) is 1. The molecule has 0 saturated heterocycles. The third-order valence-electron chi connectivity index (χ3n) is 4.40. The predicted molar refractivity (Wildman–Crippen MR) is 105 cm³/mol. The van der Waals surface area contributed by atoms with E-state index in [1.807, 2.05) is 12.1 Å². The van der Waals surface area contributed by atoms with E-state index in [1.165, 1.54) is 33.8 Å². The van der Waals surface area contributed by atoms with Gasteiger partial charge in [0.25, 0.3) is 5.56 Å². The summed E-state index contributed by atoms with van der Waals surface area (Å²) in [6.07, 6.45) is 1.40. The molecule has 0 aliphatic heterocycles. The molecule has 3 aromatic heterocycles. The number of nitrogens with one attached hydrogen (secondary N) is 1. The number of ether oxygens (including phenoxy) is 1. The van der Waals surface area contributed by atoms with Crippen LogP contribution in [0.25, 0.3) is 21.3 Å². The molecule has 0 unspecified atom stereocenters. The number of thiazole rings is 1. The van der Waals surface area contributed by atoms with E-state index in [0.29, 0.717) is 16.4 Å². The number of amides is 1. The standard InChI is InChI=1S/C17H16N6O4S/c1-21-11-7-18-23(14(11)15(25)22(2)17(21)26)8-13(24)20-16-19-10-5-4-9(27-3)6-12(10)28-16/h4-7H,8H2,1-3H3,(H,19,20,24). The zero-order valence-electron chi connectivity index (χ0n) is 15.3. The zero-order valence-corrected chi connectivity index (χ0v) is 16.1. The minimum Gasteiger partial charge on any atom is -0.497 e. The van der Waals surface area contributed by atoms with Crippen LogP contribution < -0.4 is 21.3 Å². The highest BCUT2D eigenvalue weighted by atomic mass is 32.1. The summed E-state index contributed by atoms with van der Waals surface area (Å²) < 4.78 is 9.65. The molecule has 0 aliphatic carbocycles. The molecule has 3 heterocycles. The average molecular weight is 400 g/mol. The van der Waals surface area contributed by atoms with Gasteiger partial charge >= 0.3 is 5.69 Å². The Morgan fingerprint density at radius 3 is 2.79 bits per heavy atom. The monoisotopic (exact) mass is 400 g/mol. The number of aryl methyl sites for hydroxylation is 1. The van der Waals surface area contributed by atoms with Gasteiger partial charge in [0.1, 0.15) is 12.3 Å². The van der Waals surface area contributed by atoms with Crippen molar-refractivity contribution in [3.63, 3.8) is 0 Å². The first kappa shape index (κ1) is 17.9. The van der Waals surface area contributed by atoms with Crippen LogP contribution in [0.15, 0.2) is 34.0 Å². The molecule has 0 bridgehead atoms. The van der Waals surface area contributed by atoms with E-state index in [-0.39, 0.29) is 18.0 Å². The van der Waals surface area contributed by atoms with Gasteiger partial charge in [-0.3, -0.25) is 18.7 Å². The minimum atomic E-state index is -0.504. The number of carbonyl (C=O) groups is 1. The Morgan fingerprint density at radius 1 is 1.25 bits per heavy atom. The largest absolute Gasteiger partial charge is 0.497 e. The molecule has 11 heteroatoms. The van der Waals surface area contributed by atoms with E-state index >= 15 is 0 Å². The number of hydrogen-bond acceptors (Lipinski definition) is 7. The smallest absolute Gasteiger partial charge is 0.331 e. The lowest BCUT2D eigenvalue weighted by molar-refractivity contribution is -0.116. The molecule has 0 saturated carbocycles. The summed E-state index contributed by atoms with van der Waals surface area (Å²) in [4.78, 5) is 41.3. The number of methoxy groups -OCH3 is 1. The Kier molecular flexibility index (Phi) is 4.23. The lowest BCUT2D eigenvalue weighted by Crippen LogP contribution is -2.37. The molecule has 1 aromatic carbocycles. The third-order valence-corrected chi connectivity index (χ3v) is 5.33. The van der Waals surface area contributed by atoms with Crippen molar-refractivity contribution in [2.75, 3.05) is 12.4 Å². The Balaban J connectivity index is 1.62. The first-order valence-electron chi connectivity index (χ1n) is 8.25. The lowest BCUT2D eigenvalue weighted by Gasteiger charge is -2.06. The maximum Gasteiger partial charge on any atom is 0.331 e. The van der Waals surface area contributed by atoms with Crippen molar-refractivity contribution in [3.05, 3.63) is 45.2 Å². The Hall–Kier alpha value is -3.47. The van der Waals surface area contributed by atoms with Crippen molar-refractivity contribution < 1.29 is 9.53 Å². The van der Waals surface area contributed by atoms with Crippen LogP contribution in [0.5, 0.6) is 5.75 Å². The van der Waals surface area contributed by atoms with E-state index in [2.05, 4.69) is 15.4 Å². The van der Waals surface area contributed by atoms with Crippen LogP contribution in [-0.4, -0.2) is 36.9 Å². The molecule has 144 valence electrons. The number of carbonyl (C=O) groups excluding carboxylic acids is 1. The maximum atomic E-state index is 12.5. The molecule has 4 aromatic rings. The SMILES string of the molecule is COc1ccc2nc(NC(=O)Cn3ncc4c3c(=O)n(C)c(=O)n4C)sc2c1. The highest BCUT2D eigenvalue weighted by Crippen LogP contribution is 2.29. The highest BCUT2D eigenvalue weighted by Gasteiger charge is 2.16. The van der Waals surface area contributed by atoms with Crippen LogP contribution in [0.1, 0.15) is 0 Å². The zero-order chi connectivity index (χ0) is 20.0. The van der Waals surface area contributed by atoms with Gasteiger partial charge in [0.2, 0.25) is 5.91 Å². The third kappa shape index (κ3) is 2.85. The van der Waals surface area contributed by atoms with E-state index < -0.39 is 11.2 Å². The summed E-state index contributed by atoms with van der Waals surface area (Å²) in [5.74, 6) is 0.324. The number of fused-ring (bicyclic) bond motifs is 2. The fourth-order valence-corrected chi connectivity index (χ4v) is 3.83. The molecule has 0 fully saturated rings. The van der Waals surface area contributed by atoms with Gasteiger partial charge in [0.05, 0.1) is 29.0 Å². The van der Waals surface area contributed by atoms with E-state index in [0.717, 1.165) is 14.8 Å². The quantitative estimate of drug-likeness (QED) is 0.539. The maximum absolute atomic E-state index is 12.5. The Bertz CT molecular complexity index is 1350. The molecule has 1 N–H and O–H groups in total. The van der Waals surface area contributed by atoms with Crippen molar-refractivity contribution in [2.24, 2.45) is 14.1 Å². The van der Waals surface area contributed by atoms with Gasteiger partial charge < -0.3 is 10.1 Å². The molecular formula is C17H16N6O4S. The Labute approximate surface area is 161 Å². The minimum absolute atomic E-state index is 0.184. The molecule has 28 heavy (non-hydrogen) atoms.